The lowest BCUT2D eigenvalue weighted by Crippen LogP contribution is -2.20. The molecule has 0 spiro atoms. The first-order valence-corrected chi connectivity index (χ1v) is 7.04. The molecule has 0 aliphatic heterocycles. The molecular formula is C13H11FN4OS. The first-order chi connectivity index (χ1) is 9.70. The minimum Gasteiger partial charge on any atom is -0.280 e. The van der Waals surface area contributed by atoms with Crippen LogP contribution < -0.4 is 5.56 Å². The maximum Gasteiger partial charge on any atom is 0.300 e. The summed E-state index contributed by atoms with van der Waals surface area (Å²) in [6.45, 7) is 2.01. The second kappa shape index (κ2) is 5.09. The van der Waals surface area contributed by atoms with Gasteiger partial charge in [-0.1, -0.05) is 18.7 Å². The Kier molecular flexibility index (Phi) is 3.27. The standard InChI is InChI=1S/C13H11FN4OS/c1-2-20-13-16-15-11-12(19)17(7-8-18(11)13)10-5-3-9(14)4-6-10/h3-8H,2H2,1H3. The van der Waals surface area contributed by atoms with Crippen molar-refractivity contribution in [1.82, 2.24) is 19.2 Å². The highest BCUT2D eigenvalue weighted by Gasteiger charge is 2.11. The van der Waals surface area contributed by atoms with Crippen molar-refractivity contribution in [1.29, 1.82) is 0 Å². The number of benzene rings is 1. The van der Waals surface area contributed by atoms with E-state index in [1.54, 1.807) is 28.9 Å². The third-order valence-corrected chi connectivity index (χ3v) is 3.64. The minimum atomic E-state index is -0.341. The lowest BCUT2D eigenvalue weighted by Gasteiger charge is -2.05. The topological polar surface area (TPSA) is 52.2 Å². The van der Waals surface area contributed by atoms with Crippen molar-refractivity contribution in [3.8, 4) is 5.69 Å². The molecule has 0 bridgehead atoms. The van der Waals surface area contributed by atoms with E-state index in [0.29, 0.717) is 10.8 Å². The molecule has 2 heterocycles. The van der Waals surface area contributed by atoms with Gasteiger partial charge < -0.3 is 0 Å². The minimum absolute atomic E-state index is 0.257. The van der Waals surface area contributed by atoms with Crippen molar-refractivity contribution in [3.63, 3.8) is 0 Å². The van der Waals surface area contributed by atoms with E-state index in [0.717, 1.165) is 5.75 Å². The number of fused-ring (bicyclic) bond motifs is 1. The molecule has 2 aromatic heterocycles. The summed E-state index contributed by atoms with van der Waals surface area (Å²) in [7, 11) is 0. The largest absolute Gasteiger partial charge is 0.300 e. The predicted molar refractivity (Wildman–Crippen MR) is 74.9 cm³/mol. The molecule has 1 aromatic carbocycles. The first kappa shape index (κ1) is 12.9. The van der Waals surface area contributed by atoms with Crippen LogP contribution in [0.5, 0.6) is 0 Å². The van der Waals surface area contributed by atoms with Gasteiger partial charge in [-0.2, -0.15) is 0 Å². The van der Waals surface area contributed by atoms with Crippen LogP contribution in [0.15, 0.2) is 46.6 Å². The summed E-state index contributed by atoms with van der Waals surface area (Å²) in [5.41, 5.74) is 0.564. The van der Waals surface area contributed by atoms with Crippen molar-refractivity contribution < 1.29 is 4.39 Å². The predicted octanol–water partition coefficient (Wildman–Crippen LogP) is 2.13. The van der Waals surface area contributed by atoms with Gasteiger partial charge in [0.15, 0.2) is 5.16 Å². The number of thioether (sulfide) groups is 1. The molecule has 0 atom stereocenters. The molecule has 7 heteroatoms. The van der Waals surface area contributed by atoms with E-state index < -0.39 is 0 Å². The van der Waals surface area contributed by atoms with Crippen LogP contribution in [0.3, 0.4) is 0 Å². The van der Waals surface area contributed by atoms with E-state index in [-0.39, 0.29) is 17.0 Å². The number of halogens is 1. The molecule has 0 fully saturated rings. The number of nitrogens with zero attached hydrogens (tertiary/aromatic N) is 4. The zero-order valence-electron chi connectivity index (χ0n) is 10.7. The maximum absolute atomic E-state index is 12.9. The van der Waals surface area contributed by atoms with E-state index in [1.165, 1.54) is 28.5 Å². The molecule has 102 valence electrons. The van der Waals surface area contributed by atoms with Gasteiger partial charge in [0.1, 0.15) is 5.82 Å². The Bertz CT molecular complexity index is 809. The fraction of sp³-hybridized carbons (Fsp3) is 0.154. The van der Waals surface area contributed by atoms with Crippen molar-refractivity contribution in [2.75, 3.05) is 5.75 Å². The van der Waals surface area contributed by atoms with Crippen LogP contribution in [0.4, 0.5) is 4.39 Å². The highest BCUT2D eigenvalue weighted by atomic mass is 32.2. The number of hydrogen-bond donors (Lipinski definition) is 0. The van der Waals surface area contributed by atoms with Gasteiger partial charge in [-0.3, -0.25) is 13.8 Å². The molecule has 0 amide bonds. The third-order valence-electron chi connectivity index (χ3n) is 2.82. The van der Waals surface area contributed by atoms with Gasteiger partial charge in [0, 0.05) is 18.1 Å². The van der Waals surface area contributed by atoms with Crippen LogP contribution in [-0.4, -0.2) is 24.9 Å². The summed E-state index contributed by atoms with van der Waals surface area (Å²) >= 11 is 1.52. The molecule has 0 saturated carbocycles. The van der Waals surface area contributed by atoms with Crippen LogP contribution in [0, 0.1) is 5.82 Å². The molecular weight excluding hydrogens is 279 g/mol. The lowest BCUT2D eigenvalue weighted by molar-refractivity contribution is 0.627. The highest BCUT2D eigenvalue weighted by molar-refractivity contribution is 7.99. The first-order valence-electron chi connectivity index (χ1n) is 6.06. The number of rotatable bonds is 3. The second-order valence-corrected chi connectivity index (χ2v) is 5.29. The van der Waals surface area contributed by atoms with Gasteiger partial charge in [-0.25, -0.2) is 4.39 Å². The van der Waals surface area contributed by atoms with Gasteiger partial charge in [0.05, 0.1) is 0 Å². The molecule has 5 nitrogen and oxygen atoms in total. The third kappa shape index (κ3) is 2.09. The summed E-state index contributed by atoms with van der Waals surface area (Å²) in [5, 5.41) is 8.61. The average molecular weight is 290 g/mol. The van der Waals surface area contributed by atoms with Gasteiger partial charge in [0.2, 0.25) is 5.65 Å². The monoisotopic (exact) mass is 290 g/mol. The van der Waals surface area contributed by atoms with Crippen LogP contribution in [0.25, 0.3) is 11.3 Å². The summed E-state index contributed by atoms with van der Waals surface area (Å²) < 4.78 is 16.0. The van der Waals surface area contributed by atoms with E-state index in [2.05, 4.69) is 10.2 Å². The Hall–Kier alpha value is -2.15. The fourth-order valence-corrected chi connectivity index (χ4v) is 2.54. The molecule has 0 aliphatic rings. The molecule has 0 aliphatic carbocycles. The summed E-state index contributed by atoms with van der Waals surface area (Å²) in [4.78, 5) is 12.4. The zero-order valence-corrected chi connectivity index (χ0v) is 11.5. The normalized spacial score (nSPS) is 11.1. The van der Waals surface area contributed by atoms with E-state index in [4.69, 9.17) is 0 Å². The Balaban J connectivity index is 2.17. The lowest BCUT2D eigenvalue weighted by atomic mass is 10.3. The van der Waals surface area contributed by atoms with Gasteiger partial charge in [0.25, 0.3) is 0 Å². The molecule has 0 saturated heterocycles. The molecule has 3 rings (SSSR count). The fourth-order valence-electron chi connectivity index (χ4n) is 1.90. The Morgan fingerprint density at radius 1 is 1.20 bits per heavy atom. The Labute approximate surface area is 118 Å². The van der Waals surface area contributed by atoms with Gasteiger partial charge >= 0.3 is 5.56 Å². The molecule has 0 radical (unpaired) electrons. The van der Waals surface area contributed by atoms with E-state index in [1.807, 2.05) is 6.92 Å². The highest BCUT2D eigenvalue weighted by Crippen LogP contribution is 2.15. The van der Waals surface area contributed by atoms with E-state index >= 15 is 0 Å². The van der Waals surface area contributed by atoms with Crippen LogP contribution >= 0.6 is 11.8 Å². The van der Waals surface area contributed by atoms with E-state index in [9.17, 15) is 9.18 Å². The van der Waals surface area contributed by atoms with Crippen molar-refractivity contribution in [2.24, 2.45) is 0 Å². The SMILES string of the molecule is CCSc1nnc2c(=O)n(-c3ccc(F)cc3)ccn12. The summed E-state index contributed by atoms with van der Waals surface area (Å²) in [5.74, 6) is 0.508. The molecule has 20 heavy (non-hydrogen) atoms. The van der Waals surface area contributed by atoms with Crippen molar-refractivity contribution in [2.45, 2.75) is 12.1 Å². The van der Waals surface area contributed by atoms with Crippen LogP contribution in [0.1, 0.15) is 6.92 Å². The summed E-state index contributed by atoms with van der Waals surface area (Å²) in [6, 6.07) is 5.72. The summed E-state index contributed by atoms with van der Waals surface area (Å²) in [6.07, 6.45) is 3.36. The Morgan fingerprint density at radius 2 is 1.95 bits per heavy atom. The second-order valence-electron chi connectivity index (χ2n) is 4.06. The zero-order chi connectivity index (χ0) is 14.1. The van der Waals surface area contributed by atoms with Gasteiger partial charge in [-0.05, 0) is 30.0 Å². The number of aromatic nitrogens is 4. The Morgan fingerprint density at radius 3 is 2.65 bits per heavy atom. The van der Waals surface area contributed by atoms with Crippen LogP contribution in [0.2, 0.25) is 0 Å². The van der Waals surface area contributed by atoms with Gasteiger partial charge in [-0.15, -0.1) is 10.2 Å². The maximum atomic E-state index is 12.9. The quantitative estimate of drug-likeness (QED) is 0.693. The van der Waals surface area contributed by atoms with Crippen molar-refractivity contribution in [3.05, 3.63) is 52.8 Å². The smallest absolute Gasteiger partial charge is 0.280 e. The average Bonchev–Trinajstić information content (AvgIpc) is 2.85. The molecule has 3 aromatic rings. The molecule has 0 N–H and O–H groups in total. The van der Waals surface area contributed by atoms with Crippen molar-refractivity contribution >= 4 is 17.4 Å². The van der Waals surface area contributed by atoms with Crippen LogP contribution in [-0.2, 0) is 0 Å². The molecule has 0 unspecified atom stereocenters. The number of hydrogen-bond acceptors (Lipinski definition) is 4.